The second kappa shape index (κ2) is 5.88. The molecule has 0 heterocycles. The van der Waals surface area contributed by atoms with Crippen LogP contribution in [0, 0.1) is 5.82 Å². The normalized spacial score (nSPS) is 11.4. The molecule has 0 aliphatic heterocycles. The zero-order chi connectivity index (χ0) is 15.6. The number of rotatable bonds is 4. The van der Waals surface area contributed by atoms with Gasteiger partial charge in [-0.3, -0.25) is 0 Å². The molecule has 0 unspecified atom stereocenters. The lowest BCUT2D eigenvalue weighted by Crippen LogP contribution is -2.18. The van der Waals surface area contributed by atoms with Crippen molar-refractivity contribution < 1.29 is 12.8 Å². The molecule has 0 aromatic heterocycles. The van der Waals surface area contributed by atoms with E-state index in [4.69, 9.17) is 17.3 Å². The Labute approximate surface area is 127 Å². The maximum atomic E-state index is 13.7. The monoisotopic (exact) mass is 329 g/mol. The van der Waals surface area contributed by atoms with Gasteiger partial charge in [-0.1, -0.05) is 11.6 Å². The third kappa shape index (κ3) is 3.44. The maximum Gasteiger partial charge on any atom is 0.240 e. The molecule has 2 aromatic carbocycles. The third-order valence-corrected chi connectivity index (χ3v) is 4.45. The molecule has 21 heavy (non-hydrogen) atoms. The topological polar surface area (TPSA) is 84.2 Å². The number of nitrogens with one attached hydrogen (secondary N) is 2. The summed E-state index contributed by atoms with van der Waals surface area (Å²) in [6.07, 6.45) is 0. The Bertz CT molecular complexity index is 781. The van der Waals surface area contributed by atoms with Gasteiger partial charge in [0, 0.05) is 5.02 Å². The van der Waals surface area contributed by atoms with Crippen LogP contribution in [0.5, 0.6) is 0 Å². The van der Waals surface area contributed by atoms with Gasteiger partial charge in [0.1, 0.15) is 5.82 Å². The van der Waals surface area contributed by atoms with Crippen LogP contribution in [0.2, 0.25) is 5.02 Å². The largest absolute Gasteiger partial charge is 0.397 e. The summed E-state index contributed by atoms with van der Waals surface area (Å²) >= 11 is 5.81. The lowest BCUT2D eigenvalue weighted by atomic mass is 10.2. The van der Waals surface area contributed by atoms with E-state index in [1.54, 1.807) is 0 Å². The summed E-state index contributed by atoms with van der Waals surface area (Å²) in [5.41, 5.74) is 6.43. The molecule has 0 fully saturated rings. The van der Waals surface area contributed by atoms with Gasteiger partial charge in [0.2, 0.25) is 10.0 Å². The molecule has 112 valence electrons. The average molecular weight is 330 g/mol. The van der Waals surface area contributed by atoms with Crippen molar-refractivity contribution in [3.63, 3.8) is 0 Å². The summed E-state index contributed by atoms with van der Waals surface area (Å²) in [5.74, 6) is -0.527. The van der Waals surface area contributed by atoms with Gasteiger partial charge >= 0.3 is 0 Å². The highest BCUT2D eigenvalue weighted by Crippen LogP contribution is 2.29. The van der Waals surface area contributed by atoms with Crippen LogP contribution < -0.4 is 15.8 Å². The van der Waals surface area contributed by atoms with Crippen LogP contribution in [0.1, 0.15) is 0 Å². The van der Waals surface area contributed by atoms with Gasteiger partial charge < -0.3 is 11.1 Å². The molecular formula is C13H13ClFN3O2S. The molecule has 0 amide bonds. The maximum absolute atomic E-state index is 13.7. The highest BCUT2D eigenvalue weighted by atomic mass is 35.5. The fourth-order valence-corrected chi connectivity index (χ4v) is 2.60. The third-order valence-electron chi connectivity index (χ3n) is 2.80. The number of nitrogen functional groups attached to an aromatic ring is 1. The Balaban J connectivity index is 2.45. The molecule has 0 atom stereocenters. The van der Waals surface area contributed by atoms with Crippen LogP contribution in [-0.2, 0) is 10.0 Å². The second-order valence-electron chi connectivity index (χ2n) is 4.21. The number of benzene rings is 2. The van der Waals surface area contributed by atoms with Crippen molar-refractivity contribution in [1.29, 1.82) is 0 Å². The quantitative estimate of drug-likeness (QED) is 0.753. The van der Waals surface area contributed by atoms with Crippen molar-refractivity contribution in [2.75, 3.05) is 18.1 Å². The van der Waals surface area contributed by atoms with Crippen LogP contribution in [-0.4, -0.2) is 15.5 Å². The molecule has 0 aliphatic rings. The predicted molar refractivity (Wildman–Crippen MR) is 81.8 cm³/mol. The molecular weight excluding hydrogens is 317 g/mol. The van der Waals surface area contributed by atoms with E-state index < -0.39 is 15.8 Å². The Morgan fingerprint density at radius 1 is 1.14 bits per heavy atom. The van der Waals surface area contributed by atoms with Crippen molar-refractivity contribution in [3.8, 4) is 0 Å². The molecule has 0 bridgehead atoms. The van der Waals surface area contributed by atoms with Gasteiger partial charge in [-0.15, -0.1) is 0 Å². The van der Waals surface area contributed by atoms with E-state index in [0.29, 0.717) is 5.02 Å². The zero-order valence-corrected chi connectivity index (χ0v) is 12.6. The number of hydrogen-bond donors (Lipinski definition) is 3. The van der Waals surface area contributed by atoms with Gasteiger partial charge in [0.25, 0.3) is 0 Å². The fourth-order valence-electron chi connectivity index (χ4n) is 1.67. The molecule has 0 aliphatic carbocycles. The number of halogens is 2. The Hall–Kier alpha value is -1.83. The first kappa shape index (κ1) is 15.6. The molecule has 0 saturated heterocycles. The molecule has 2 rings (SSSR count). The second-order valence-corrected chi connectivity index (χ2v) is 6.53. The highest BCUT2D eigenvalue weighted by Gasteiger charge is 2.14. The highest BCUT2D eigenvalue weighted by molar-refractivity contribution is 7.89. The minimum Gasteiger partial charge on any atom is -0.397 e. The SMILES string of the molecule is CNS(=O)(=O)c1ccc(N)c(Nc2cc(Cl)ccc2F)c1. The number of nitrogens with two attached hydrogens (primary N) is 1. The predicted octanol–water partition coefficient (Wildman–Crippen LogP) is 2.71. The first-order valence-corrected chi connectivity index (χ1v) is 7.75. The minimum absolute atomic E-state index is 0.0177. The van der Waals surface area contributed by atoms with E-state index >= 15 is 0 Å². The molecule has 0 saturated carbocycles. The molecule has 2 aromatic rings. The van der Waals surface area contributed by atoms with E-state index in [2.05, 4.69) is 10.0 Å². The van der Waals surface area contributed by atoms with E-state index in [0.717, 1.165) is 0 Å². The van der Waals surface area contributed by atoms with Gasteiger partial charge in [-0.05, 0) is 43.4 Å². The molecule has 0 spiro atoms. The lowest BCUT2D eigenvalue weighted by molar-refractivity contribution is 0.588. The van der Waals surface area contributed by atoms with Crippen LogP contribution in [0.3, 0.4) is 0 Å². The van der Waals surface area contributed by atoms with E-state index in [1.807, 2.05) is 0 Å². The van der Waals surface area contributed by atoms with Gasteiger partial charge in [-0.25, -0.2) is 17.5 Å². The van der Waals surface area contributed by atoms with E-state index in [-0.39, 0.29) is 22.0 Å². The number of hydrogen-bond acceptors (Lipinski definition) is 4. The van der Waals surface area contributed by atoms with Crippen molar-refractivity contribution in [1.82, 2.24) is 4.72 Å². The van der Waals surface area contributed by atoms with E-state index in [9.17, 15) is 12.8 Å². The van der Waals surface area contributed by atoms with Crippen molar-refractivity contribution >= 4 is 38.7 Å². The summed E-state index contributed by atoms with van der Waals surface area (Å²) in [7, 11) is -2.31. The van der Waals surface area contributed by atoms with Crippen molar-refractivity contribution in [2.45, 2.75) is 4.90 Å². The van der Waals surface area contributed by atoms with Gasteiger partial charge in [0.15, 0.2) is 0 Å². The standard InChI is InChI=1S/C13H13ClFN3O2S/c1-17-21(19,20)9-3-5-11(16)13(7-9)18-12-6-8(14)2-4-10(12)15/h2-7,17-18H,16H2,1H3. The molecule has 4 N–H and O–H groups in total. The minimum atomic E-state index is -3.61. The van der Waals surface area contributed by atoms with Gasteiger partial charge in [0.05, 0.1) is 22.0 Å². The molecule has 8 heteroatoms. The van der Waals surface area contributed by atoms with Crippen molar-refractivity contribution in [3.05, 3.63) is 47.2 Å². The number of sulfonamides is 1. The van der Waals surface area contributed by atoms with Crippen LogP contribution >= 0.6 is 11.6 Å². The number of anilines is 3. The first-order valence-electron chi connectivity index (χ1n) is 5.88. The summed E-state index contributed by atoms with van der Waals surface area (Å²) < 4.78 is 39.4. The van der Waals surface area contributed by atoms with Gasteiger partial charge in [-0.2, -0.15) is 0 Å². The molecule has 0 radical (unpaired) electrons. The smallest absolute Gasteiger partial charge is 0.240 e. The van der Waals surface area contributed by atoms with Crippen molar-refractivity contribution in [2.24, 2.45) is 0 Å². The Morgan fingerprint density at radius 2 is 1.86 bits per heavy atom. The van der Waals surface area contributed by atoms with Crippen LogP contribution in [0.15, 0.2) is 41.3 Å². The van der Waals surface area contributed by atoms with E-state index in [1.165, 1.54) is 43.4 Å². The Kier molecular flexibility index (Phi) is 4.36. The summed E-state index contributed by atoms with van der Waals surface area (Å²) in [6, 6.07) is 8.11. The fraction of sp³-hybridized carbons (Fsp3) is 0.0769. The average Bonchev–Trinajstić information content (AvgIpc) is 2.45. The van der Waals surface area contributed by atoms with Crippen LogP contribution in [0.25, 0.3) is 0 Å². The Morgan fingerprint density at radius 3 is 2.52 bits per heavy atom. The summed E-state index contributed by atoms with van der Waals surface area (Å²) in [5, 5.41) is 3.09. The van der Waals surface area contributed by atoms with Crippen LogP contribution in [0.4, 0.5) is 21.5 Å². The summed E-state index contributed by atoms with van der Waals surface area (Å²) in [4.78, 5) is 0.0177. The lowest BCUT2D eigenvalue weighted by Gasteiger charge is -2.12. The molecule has 5 nitrogen and oxygen atoms in total. The summed E-state index contributed by atoms with van der Waals surface area (Å²) in [6.45, 7) is 0. The zero-order valence-electron chi connectivity index (χ0n) is 11.0. The first-order chi connectivity index (χ1) is 9.83.